The SMILES string of the molecule is COC(=O)N[C@H](C(=O)N1CC2(C[C@H]1C1=NC=C(c3ccc4c(c3)C(F)(F)C(F)(F)c3cc(-c5cnc([C@@H]6CC7(CN6C(=O)[C@@H](NC(=O)OC)C(C)C)OCCO7)[nH]5)ccc3-4)C1)OCCO2)C(C)C. The molecule has 0 saturated carbocycles. The molecular weight excluding hydrogens is 899 g/mol. The van der Waals surface area contributed by atoms with E-state index in [1.165, 1.54) is 49.7 Å². The minimum Gasteiger partial charge on any atom is -0.453 e. The maximum Gasteiger partial charge on any atom is 0.407 e. The summed E-state index contributed by atoms with van der Waals surface area (Å²) in [6, 6.07) is 4.68. The van der Waals surface area contributed by atoms with Crippen molar-refractivity contribution in [3.63, 3.8) is 0 Å². The predicted molar refractivity (Wildman–Crippen MR) is 234 cm³/mol. The van der Waals surface area contributed by atoms with Crippen molar-refractivity contribution in [2.45, 2.75) is 94.5 Å². The molecule has 17 nitrogen and oxygen atoms in total. The average molecular weight is 952 g/mol. The quantitative estimate of drug-likeness (QED) is 0.195. The van der Waals surface area contributed by atoms with Crippen molar-refractivity contribution >= 4 is 35.3 Å². The van der Waals surface area contributed by atoms with Gasteiger partial charge in [-0.05, 0) is 46.2 Å². The summed E-state index contributed by atoms with van der Waals surface area (Å²) in [4.78, 5) is 67.8. The van der Waals surface area contributed by atoms with Crippen LogP contribution < -0.4 is 10.6 Å². The number of carbonyl (C=O) groups excluding carboxylic acids is 4. The average Bonchev–Trinajstić information content (AvgIpc) is 4.19. The number of ether oxygens (including phenoxy) is 6. The highest BCUT2D eigenvalue weighted by atomic mass is 19.3. The van der Waals surface area contributed by atoms with Crippen molar-refractivity contribution in [1.82, 2.24) is 30.4 Å². The lowest BCUT2D eigenvalue weighted by atomic mass is 9.78. The number of aliphatic imine (C=N–C) groups is 1. The molecule has 4 amide bonds. The number of imidazole rings is 1. The first-order valence-electron chi connectivity index (χ1n) is 22.5. The van der Waals surface area contributed by atoms with Gasteiger partial charge in [0.15, 0.2) is 11.6 Å². The molecule has 68 heavy (non-hydrogen) atoms. The van der Waals surface area contributed by atoms with Gasteiger partial charge in [0.25, 0.3) is 0 Å². The second kappa shape index (κ2) is 17.6. The number of nitrogens with zero attached hydrogens (tertiary/aromatic N) is 4. The fourth-order valence-corrected chi connectivity index (χ4v) is 10.1. The van der Waals surface area contributed by atoms with E-state index in [2.05, 4.69) is 25.6 Å². The van der Waals surface area contributed by atoms with Crippen molar-refractivity contribution in [1.29, 1.82) is 0 Å². The molecule has 21 heteroatoms. The molecule has 1 aliphatic carbocycles. The fourth-order valence-electron chi connectivity index (χ4n) is 10.1. The molecular formula is C47H53F4N7O10. The monoisotopic (exact) mass is 951 g/mol. The van der Waals surface area contributed by atoms with Gasteiger partial charge in [-0.1, -0.05) is 52.0 Å². The van der Waals surface area contributed by atoms with Crippen LogP contribution >= 0.6 is 0 Å². The Bertz CT molecular complexity index is 2570. The minimum absolute atomic E-state index is 0.0213. The molecule has 0 bridgehead atoms. The molecule has 4 atom stereocenters. The zero-order valence-electron chi connectivity index (χ0n) is 38.3. The highest BCUT2D eigenvalue weighted by Crippen LogP contribution is 2.59. The molecule has 3 N–H and O–H groups in total. The number of methoxy groups -OCH3 is 2. The van der Waals surface area contributed by atoms with Crippen molar-refractivity contribution in [2.24, 2.45) is 16.8 Å². The van der Waals surface area contributed by atoms with Gasteiger partial charge in [-0.25, -0.2) is 14.6 Å². The normalized spacial score (nSPS) is 23.6. The second-order valence-corrected chi connectivity index (χ2v) is 18.6. The van der Waals surface area contributed by atoms with Crippen LogP contribution in [0.2, 0.25) is 0 Å². The van der Waals surface area contributed by atoms with Crippen LogP contribution in [0.5, 0.6) is 0 Å². The molecule has 6 aliphatic rings. The Balaban J connectivity index is 0.970. The first-order valence-corrected chi connectivity index (χ1v) is 22.5. The van der Waals surface area contributed by atoms with Crippen LogP contribution in [0.4, 0.5) is 27.2 Å². The standard InChI is InChI=1S/C47H53F4N7O10/c1-24(2)37(55-42(61)63-5)40(59)57-22-44(65-11-12-66-44)18-35(57)33-17-28(20-52-33)26-7-9-29-30-10-8-27(16-32(30)47(50,51)46(48,49)31(29)15-26)34-21-53-39(54-34)36-19-45(67-13-14-68-45)23-58(36)41(60)38(25(3)4)56-43(62)64-6/h7-10,15-16,20-21,24-25,35-38H,11-14,17-19,22-23H2,1-6H3,(H,53,54)(H,55,61)(H,56,62)/t35-,36-,37-,38-/m0/s1. The minimum atomic E-state index is -4.65. The van der Waals surface area contributed by atoms with Crippen molar-refractivity contribution in [3.05, 3.63) is 71.3 Å². The van der Waals surface area contributed by atoms with Gasteiger partial charge < -0.3 is 53.8 Å². The van der Waals surface area contributed by atoms with Crippen molar-refractivity contribution in [2.75, 3.05) is 53.7 Å². The third-order valence-corrected chi connectivity index (χ3v) is 13.7. The van der Waals surface area contributed by atoms with Gasteiger partial charge in [0, 0.05) is 47.9 Å². The summed E-state index contributed by atoms with van der Waals surface area (Å²) in [7, 11) is 2.39. The summed E-state index contributed by atoms with van der Waals surface area (Å²) in [5.74, 6) is -12.8. The van der Waals surface area contributed by atoms with E-state index in [-0.39, 0.29) is 78.0 Å². The molecule has 1 aromatic heterocycles. The second-order valence-electron chi connectivity index (χ2n) is 18.6. The van der Waals surface area contributed by atoms with Crippen LogP contribution in [-0.2, 0) is 49.9 Å². The summed E-state index contributed by atoms with van der Waals surface area (Å²) in [5.41, 5.74) is -0.235. The predicted octanol–water partition coefficient (Wildman–Crippen LogP) is 6.25. The number of amides is 4. The molecule has 4 fully saturated rings. The van der Waals surface area contributed by atoms with Gasteiger partial charge in [-0.15, -0.1) is 0 Å². The van der Waals surface area contributed by atoms with E-state index < -0.39 is 82.7 Å². The Hall–Kier alpha value is -5.90. The van der Waals surface area contributed by atoms with Gasteiger partial charge in [0.05, 0.1) is 77.7 Å². The summed E-state index contributed by atoms with van der Waals surface area (Å²) in [5, 5.41) is 5.20. The number of aromatic nitrogens is 2. The number of hydrogen-bond acceptors (Lipinski definition) is 12. The molecule has 2 spiro atoms. The topological polar surface area (TPSA) is 195 Å². The van der Waals surface area contributed by atoms with E-state index in [0.29, 0.717) is 37.7 Å². The molecule has 2 aromatic carbocycles. The lowest BCUT2D eigenvalue weighted by Crippen LogP contribution is -2.54. The third-order valence-electron chi connectivity index (χ3n) is 13.7. The molecule has 6 heterocycles. The Morgan fingerprint density at radius 3 is 1.69 bits per heavy atom. The molecule has 364 valence electrons. The highest BCUT2D eigenvalue weighted by Gasteiger charge is 2.63. The number of aromatic amines is 1. The third kappa shape index (κ3) is 8.09. The van der Waals surface area contributed by atoms with E-state index in [9.17, 15) is 19.2 Å². The molecule has 0 unspecified atom stereocenters. The van der Waals surface area contributed by atoms with E-state index in [0.717, 1.165) is 12.1 Å². The largest absolute Gasteiger partial charge is 0.453 e. The van der Waals surface area contributed by atoms with E-state index in [4.69, 9.17) is 28.4 Å². The van der Waals surface area contributed by atoms with Gasteiger partial charge >= 0.3 is 24.0 Å². The lowest BCUT2D eigenvalue weighted by Gasteiger charge is -2.35. The van der Waals surface area contributed by atoms with Gasteiger partial charge in [0.1, 0.15) is 17.9 Å². The van der Waals surface area contributed by atoms with Crippen LogP contribution in [0.25, 0.3) is 28.0 Å². The summed E-state index contributed by atoms with van der Waals surface area (Å²) in [6.45, 7) is 8.40. The van der Waals surface area contributed by atoms with Crippen LogP contribution in [0.1, 0.15) is 75.5 Å². The van der Waals surface area contributed by atoms with E-state index in [1.807, 2.05) is 0 Å². The number of alkyl halides is 4. The van der Waals surface area contributed by atoms with Gasteiger partial charge in [0.2, 0.25) is 11.8 Å². The lowest BCUT2D eigenvalue weighted by molar-refractivity contribution is -0.225. The van der Waals surface area contributed by atoms with Gasteiger partial charge in [-0.3, -0.25) is 14.6 Å². The number of likely N-dealkylation sites (tertiary alicyclic amines) is 2. The number of hydrogen-bond donors (Lipinski definition) is 3. The first-order chi connectivity index (χ1) is 32.3. The Kier molecular flexibility index (Phi) is 12.2. The summed E-state index contributed by atoms with van der Waals surface area (Å²) >= 11 is 0. The van der Waals surface area contributed by atoms with Crippen molar-refractivity contribution in [3.8, 4) is 22.4 Å². The van der Waals surface area contributed by atoms with E-state index >= 15 is 17.6 Å². The van der Waals surface area contributed by atoms with E-state index in [1.54, 1.807) is 38.7 Å². The smallest absolute Gasteiger partial charge is 0.407 e. The number of alkyl carbamates (subject to hydrolysis) is 2. The number of rotatable bonds is 10. The first kappa shape index (κ1) is 47.2. The molecule has 3 aromatic rings. The van der Waals surface area contributed by atoms with Crippen molar-refractivity contribution < 1.29 is 65.2 Å². The Morgan fingerprint density at radius 2 is 1.19 bits per heavy atom. The van der Waals surface area contributed by atoms with Crippen LogP contribution in [0.15, 0.2) is 53.8 Å². The number of nitrogens with one attached hydrogen (secondary N) is 3. The maximum absolute atomic E-state index is 16.4. The number of fused-ring (bicyclic) bond motifs is 3. The number of allylic oxidation sites excluding steroid dienone is 1. The Morgan fingerprint density at radius 1 is 0.721 bits per heavy atom. The zero-order chi connectivity index (χ0) is 48.5. The van der Waals surface area contributed by atoms with Crippen LogP contribution in [0.3, 0.4) is 0 Å². The summed E-state index contributed by atoms with van der Waals surface area (Å²) < 4.78 is 99.0. The zero-order valence-corrected chi connectivity index (χ0v) is 38.3. The highest BCUT2D eigenvalue weighted by molar-refractivity contribution is 6.04. The molecule has 5 aliphatic heterocycles. The Labute approximate surface area is 388 Å². The number of benzene rings is 2. The summed E-state index contributed by atoms with van der Waals surface area (Å²) in [6.07, 6.45) is 1.82. The molecule has 9 rings (SSSR count). The number of carbonyl (C=O) groups is 4. The number of H-pyrrole nitrogens is 1. The van der Waals surface area contributed by atoms with Crippen LogP contribution in [0, 0.1) is 11.8 Å². The molecule has 4 saturated heterocycles. The van der Waals surface area contributed by atoms with Crippen LogP contribution in [-0.4, -0.2) is 133 Å². The fraction of sp³-hybridized carbons (Fsp3) is 0.532. The van der Waals surface area contributed by atoms with Gasteiger partial charge in [-0.2, -0.15) is 17.6 Å². The molecule has 0 radical (unpaired) electrons. The maximum atomic E-state index is 16.4. The number of halogens is 4.